The van der Waals surface area contributed by atoms with Crippen molar-refractivity contribution in [1.82, 2.24) is 20.5 Å². The van der Waals surface area contributed by atoms with Gasteiger partial charge in [0.05, 0.1) is 11.5 Å². The van der Waals surface area contributed by atoms with E-state index < -0.39 is 4.92 Å². The highest BCUT2D eigenvalue weighted by atomic mass is 16.6. The Morgan fingerprint density at radius 1 is 1.15 bits per heavy atom. The third-order valence-corrected chi connectivity index (χ3v) is 3.68. The summed E-state index contributed by atoms with van der Waals surface area (Å²) in [6.45, 7) is 0.205. The van der Waals surface area contributed by atoms with E-state index in [0.29, 0.717) is 29.3 Å². The van der Waals surface area contributed by atoms with E-state index in [4.69, 9.17) is 5.73 Å². The van der Waals surface area contributed by atoms with Crippen molar-refractivity contribution < 1.29 is 9.72 Å². The quantitative estimate of drug-likeness (QED) is 0.351. The molecule has 0 aliphatic heterocycles. The third kappa shape index (κ3) is 4.20. The van der Waals surface area contributed by atoms with E-state index in [0.717, 1.165) is 5.56 Å². The lowest BCUT2D eigenvalue weighted by atomic mass is 10.1. The fourth-order valence-corrected chi connectivity index (χ4v) is 2.31. The van der Waals surface area contributed by atoms with Crippen LogP contribution in [0.3, 0.4) is 0 Å². The van der Waals surface area contributed by atoms with Crippen LogP contribution >= 0.6 is 0 Å². The van der Waals surface area contributed by atoms with E-state index in [9.17, 15) is 14.9 Å². The van der Waals surface area contributed by atoms with Gasteiger partial charge in [-0.1, -0.05) is 12.1 Å². The number of aromatic amines is 1. The van der Waals surface area contributed by atoms with Crippen molar-refractivity contribution in [3.63, 3.8) is 0 Å². The van der Waals surface area contributed by atoms with Gasteiger partial charge >= 0.3 is 0 Å². The third-order valence-electron chi connectivity index (χ3n) is 3.68. The van der Waals surface area contributed by atoms with Crippen LogP contribution in [0.4, 0.5) is 11.4 Å². The number of H-pyrrole nitrogens is 1. The molecular formula is C17H16N6O3. The Bertz CT molecular complexity index is 918. The number of hydrogen-bond donors (Lipinski definition) is 3. The number of nitro benzene ring substituents is 1. The van der Waals surface area contributed by atoms with Crippen molar-refractivity contribution in [2.45, 2.75) is 13.0 Å². The Balaban J connectivity index is 1.56. The highest BCUT2D eigenvalue weighted by molar-refractivity contribution is 5.94. The summed E-state index contributed by atoms with van der Waals surface area (Å²) in [6, 6.07) is 12.8. The molecule has 1 amide bonds. The van der Waals surface area contributed by atoms with E-state index in [-0.39, 0.29) is 18.1 Å². The Labute approximate surface area is 148 Å². The van der Waals surface area contributed by atoms with Gasteiger partial charge in [0.2, 0.25) is 0 Å². The number of nitrogen functional groups attached to an aromatic ring is 1. The summed E-state index contributed by atoms with van der Waals surface area (Å²) in [7, 11) is 0. The summed E-state index contributed by atoms with van der Waals surface area (Å²) >= 11 is 0. The largest absolute Gasteiger partial charge is 0.399 e. The maximum Gasteiger partial charge on any atom is 0.269 e. The smallest absolute Gasteiger partial charge is 0.269 e. The number of nitro groups is 1. The van der Waals surface area contributed by atoms with Gasteiger partial charge in [-0.05, 0) is 29.8 Å². The minimum atomic E-state index is -0.446. The molecule has 2 aromatic carbocycles. The van der Waals surface area contributed by atoms with Crippen LogP contribution in [0.5, 0.6) is 0 Å². The minimum absolute atomic E-state index is 0.0369. The number of nitrogens with one attached hydrogen (secondary N) is 2. The molecule has 9 heteroatoms. The predicted octanol–water partition coefficient (Wildman–Crippen LogP) is 1.82. The summed E-state index contributed by atoms with van der Waals surface area (Å²) in [5, 5.41) is 20.3. The number of nitrogens with two attached hydrogens (primary N) is 1. The second-order valence-electron chi connectivity index (χ2n) is 5.60. The standard InChI is InChI=1S/C17H16N6O3/c18-13-5-3-12(4-6-13)17(24)19-10-16-20-15(21-22-16)9-11-1-7-14(8-2-11)23(25)26/h1-8H,9-10,18H2,(H,19,24)(H,20,21,22). The summed E-state index contributed by atoms with van der Waals surface area (Å²) in [4.78, 5) is 26.6. The number of carbonyl (C=O) groups excluding carboxylic acids is 1. The van der Waals surface area contributed by atoms with Crippen molar-refractivity contribution in [2.75, 3.05) is 5.73 Å². The maximum absolute atomic E-state index is 12.0. The van der Waals surface area contributed by atoms with E-state index in [2.05, 4.69) is 20.5 Å². The Hall–Kier alpha value is -3.75. The summed E-state index contributed by atoms with van der Waals surface area (Å²) in [5.41, 5.74) is 7.58. The zero-order valence-corrected chi connectivity index (χ0v) is 13.7. The van der Waals surface area contributed by atoms with Crippen LogP contribution in [-0.4, -0.2) is 26.0 Å². The Kier molecular flexibility index (Phi) is 4.88. The average molecular weight is 352 g/mol. The van der Waals surface area contributed by atoms with Crippen LogP contribution in [0.25, 0.3) is 0 Å². The van der Waals surface area contributed by atoms with Gasteiger partial charge in [-0.3, -0.25) is 20.0 Å². The molecule has 0 aliphatic rings. The second kappa shape index (κ2) is 7.43. The number of anilines is 1. The van der Waals surface area contributed by atoms with Crippen LogP contribution in [0.1, 0.15) is 27.6 Å². The Morgan fingerprint density at radius 3 is 2.50 bits per heavy atom. The first-order valence-electron chi connectivity index (χ1n) is 7.78. The molecular weight excluding hydrogens is 336 g/mol. The topological polar surface area (TPSA) is 140 Å². The zero-order valence-electron chi connectivity index (χ0n) is 13.7. The molecule has 132 valence electrons. The molecule has 1 heterocycles. The van der Waals surface area contributed by atoms with E-state index in [1.807, 2.05) is 0 Å². The molecule has 26 heavy (non-hydrogen) atoms. The van der Waals surface area contributed by atoms with Gasteiger partial charge in [0.25, 0.3) is 11.6 Å². The lowest BCUT2D eigenvalue weighted by molar-refractivity contribution is -0.384. The molecule has 0 saturated carbocycles. The van der Waals surface area contributed by atoms with E-state index in [1.54, 1.807) is 36.4 Å². The summed E-state index contributed by atoms with van der Waals surface area (Å²) in [5.74, 6) is 0.819. The second-order valence-corrected chi connectivity index (χ2v) is 5.60. The van der Waals surface area contributed by atoms with Crippen LogP contribution in [0.2, 0.25) is 0 Å². The van der Waals surface area contributed by atoms with E-state index >= 15 is 0 Å². The number of carbonyl (C=O) groups is 1. The van der Waals surface area contributed by atoms with Crippen molar-refractivity contribution >= 4 is 17.3 Å². The molecule has 0 bridgehead atoms. The predicted molar refractivity (Wildman–Crippen MR) is 94.3 cm³/mol. The van der Waals surface area contributed by atoms with Gasteiger partial charge in [0.1, 0.15) is 5.82 Å². The van der Waals surface area contributed by atoms with Gasteiger partial charge in [0, 0.05) is 29.8 Å². The van der Waals surface area contributed by atoms with Crippen LogP contribution in [0.15, 0.2) is 48.5 Å². The summed E-state index contributed by atoms with van der Waals surface area (Å²) in [6.07, 6.45) is 0.431. The lowest BCUT2D eigenvalue weighted by Gasteiger charge is -2.03. The number of rotatable bonds is 6. The van der Waals surface area contributed by atoms with Crippen molar-refractivity contribution in [3.8, 4) is 0 Å². The van der Waals surface area contributed by atoms with Crippen molar-refractivity contribution in [1.29, 1.82) is 0 Å². The molecule has 3 aromatic rings. The first-order valence-corrected chi connectivity index (χ1v) is 7.78. The van der Waals surface area contributed by atoms with Gasteiger partial charge < -0.3 is 11.1 Å². The molecule has 0 aliphatic carbocycles. The SMILES string of the molecule is Nc1ccc(C(=O)NCc2nc(Cc3ccc([N+](=O)[O-])cc3)n[nH]2)cc1. The van der Waals surface area contributed by atoms with Gasteiger partial charge in [-0.15, -0.1) is 0 Å². The van der Waals surface area contributed by atoms with Crippen LogP contribution in [0, 0.1) is 10.1 Å². The molecule has 3 rings (SSSR count). The van der Waals surface area contributed by atoms with Crippen molar-refractivity contribution in [3.05, 3.63) is 81.4 Å². The highest BCUT2D eigenvalue weighted by Crippen LogP contribution is 2.13. The lowest BCUT2D eigenvalue weighted by Crippen LogP contribution is -2.23. The van der Waals surface area contributed by atoms with E-state index in [1.165, 1.54) is 12.1 Å². The molecule has 0 spiro atoms. The van der Waals surface area contributed by atoms with Crippen molar-refractivity contribution in [2.24, 2.45) is 0 Å². The number of benzene rings is 2. The molecule has 0 atom stereocenters. The molecule has 0 unspecified atom stereocenters. The number of nitrogens with zero attached hydrogens (tertiary/aromatic N) is 3. The highest BCUT2D eigenvalue weighted by Gasteiger charge is 2.09. The normalized spacial score (nSPS) is 10.5. The number of hydrogen-bond acceptors (Lipinski definition) is 6. The first-order chi connectivity index (χ1) is 12.5. The average Bonchev–Trinajstić information content (AvgIpc) is 3.08. The number of aromatic nitrogens is 3. The first kappa shape index (κ1) is 17.1. The zero-order chi connectivity index (χ0) is 18.5. The fraction of sp³-hybridized carbons (Fsp3) is 0.118. The monoisotopic (exact) mass is 352 g/mol. The van der Waals surface area contributed by atoms with Crippen LogP contribution in [-0.2, 0) is 13.0 Å². The summed E-state index contributed by atoms with van der Waals surface area (Å²) < 4.78 is 0. The molecule has 1 aromatic heterocycles. The molecule has 4 N–H and O–H groups in total. The van der Waals surface area contributed by atoms with Gasteiger partial charge in [-0.25, -0.2) is 4.98 Å². The molecule has 0 saturated heterocycles. The van der Waals surface area contributed by atoms with Crippen LogP contribution < -0.4 is 11.1 Å². The molecule has 9 nitrogen and oxygen atoms in total. The number of non-ortho nitro benzene ring substituents is 1. The Morgan fingerprint density at radius 2 is 1.85 bits per heavy atom. The number of amides is 1. The fourth-order valence-electron chi connectivity index (χ4n) is 2.31. The maximum atomic E-state index is 12.0. The minimum Gasteiger partial charge on any atom is -0.399 e. The van der Waals surface area contributed by atoms with Gasteiger partial charge in [0.15, 0.2) is 5.82 Å². The molecule has 0 radical (unpaired) electrons. The molecule has 0 fully saturated rings. The van der Waals surface area contributed by atoms with Gasteiger partial charge in [-0.2, -0.15) is 5.10 Å².